The molecule has 1 heterocycles. The Hall–Kier alpha value is -1.81. The first-order valence-electron chi connectivity index (χ1n) is 7.87. The normalized spacial score (nSPS) is 12.7. The highest BCUT2D eigenvalue weighted by Gasteiger charge is 2.15. The van der Waals surface area contributed by atoms with Crippen molar-refractivity contribution in [1.82, 2.24) is 15.1 Å². The van der Waals surface area contributed by atoms with E-state index in [4.69, 9.17) is 4.74 Å². The van der Waals surface area contributed by atoms with Gasteiger partial charge in [0.05, 0.1) is 11.8 Å². The average molecular weight is 301 g/mol. The van der Waals surface area contributed by atoms with Gasteiger partial charge < -0.3 is 10.1 Å². The molecule has 0 unspecified atom stereocenters. The molecule has 0 bridgehead atoms. The van der Waals surface area contributed by atoms with Gasteiger partial charge in [-0.15, -0.1) is 0 Å². The van der Waals surface area contributed by atoms with Crippen molar-refractivity contribution in [3.8, 4) is 5.75 Å². The highest BCUT2D eigenvalue weighted by Crippen LogP contribution is 2.21. The number of aromatic nitrogens is 2. The maximum absolute atomic E-state index is 5.67. The van der Waals surface area contributed by atoms with Crippen LogP contribution < -0.4 is 10.1 Å². The molecule has 0 aliphatic rings. The summed E-state index contributed by atoms with van der Waals surface area (Å²) in [6.45, 7) is 11.3. The predicted octanol–water partition coefficient (Wildman–Crippen LogP) is 3.67. The number of ether oxygens (including phenoxy) is 1. The smallest absolute Gasteiger partial charge is 0.119 e. The molecule has 0 aliphatic heterocycles. The Bertz CT molecular complexity index is 614. The number of aryl methyl sites for hydroxylation is 2. The first kappa shape index (κ1) is 16.6. The summed E-state index contributed by atoms with van der Waals surface area (Å²) in [7, 11) is 1.99. The van der Waals surface area contributed by atoms with E-state index in [2.05, 4.69) is 43.3 Å². The standard InChI is InChI=1S/C18H27N3O/c1-12(2)22-17-9-7-16(8-10-17)11-19-13(3)18-14(4)20-21(6)15(18)5/h7-10,12-13,19H,11H2,1-6H3/t13-/m1/s1. The molecule has 4 heteroatoms. The van der Waals surface area contributed by atoms with Gasteiger partial charge in [-0.3, -0.25) is 4.68 Å². The van der Waals surface area contributed by atoms with E-state index < -0.39 is 0 Å². The Morgan fingerprint density at radius 1 is 1.14 bits per heavy atom. The third-order valence-corrected chi connectivity index (χ3v) is 3.91. The van der Waals surface area contributed by atoms with E-state index in [0.29, 0.717) is 0 Å². The van der Waals surface area contributed by atoms with E-state index in [1.165, 1.54) is 16.8 Å². The number of rotatable bonds is 6. The fraction of sp³-hybridized carbons (Fsp3) is 0.500. The molecule has 1 aromatic carbocycles. The van der Waals surface area contributed by atoms with Crippen molar-refractivity contribution in [3.63, 3.8) is 0 Å². The van der Waals surface area contributed by atoms with Crippen molar-refractivity contribution in [3.05, 3.63) is 46.8 Å². The van der Waals surface area contributed by atoms with Crippen molar-refractivity contribution in [2.24, 2.45) is 7.05 Å². The molecule has 2 aromatic rings. The van der Waals surface area contributed by atoms with Crippen LogP contribution in [-0.4, -0.2) is 15.9 Å². The summed E-state index contributed by atoms with van der Waals surface area (Å²) in [5.41, 5.74) is 4.86. The number of hydrogen-bond donors (Lipinski definition) is 1. The number of nitrogens with zero attached hydrogens (tertiary/aromatic N) is 2. The first-order valence-corrected chi connectivity index (χ1v) is 7.87. The second kappa shape index (κ2) is 6.97. The van der Waals surface area contributed by atoms with Crippen LogP contribution in [0.25, 0.3) is 0 Å². The molecule has 1 N–H and O–H groups in total. The summed E-state index contributed by atoms with van der Waals surface area (Å²) in [4.78, 5) is 0. The van der Waals surface area contributed by atoms with Crippen LogP contribution in [-0.2, 0) is 13.6 Å². The molecule has 0 amide bonds. The van der Waals surface area contributed by atoms with Crippen molar-refractivity contribution in [2.75, 3.05) is 0 Å². The molecule has 1 atom stereocenters. The van der Waals surface area contributed by atoms with Gasteiger partial charge in [-0.25, -0.2) is 0 Å². The van der Waals surface area contributed by atoms with Crippen LogP contribution in [0, 0.1) is 13.8 Å². The van der Waals surface area contributed by atoms with Gasteiger partial charge in [0.1, 0.15) is 5.75 Å². The van der Waals surface area contributed by atoms with Gasteiger partial charge in [0.15, 0.2) is 0 Å². The minimum atomic E-state index is 0.209. The fourth-order valence-electron chi connectivity index (χ4n) is 2.75. The van der Waals surface area contributed by atoms with Crippen molar-refractivity contribution in [1.29, 1.82) is 0 Å². The van der Waals surface area contributed by atoms with Crippen LogP contribution in [0.15, 0.2) is 24.3 Å². The molecule has 1 aromatic heterocycles. The summed E-state index contributed by atoms with van der Waals surface area (Å²) >= 11 is 0. The highest BCUT2D eigenvalue weighted by molar-refractivity contribution is 5.29. The minimum Gasteiger partial charge on any atom is -0.491 e. The maximum Gasteiger partial charge on any atom is 0.119 e. The lowest BCUT2D eigenvalue weighted by atomic mass is 10.1. The summed E-state index contributed by atoms with van der Waals surface area (Å²) in [5, 5.41) is 8.06. The maximum atomic E-state index is 5.67. The molecule has 0 saturated carbocycles. The molecule has 22 heavy (non-hydrogen) atoms. The first-order chi connectivity index (χ1) is 10.4. The molecule has 2 rings (SSSR count). The van der Waals surface area contributed by atoms with E-state index in [-0.39, 0.29) is 12.1 Å². The van der Waals surface area contributed by atoms with Gasteiger partial charge >= 0.3 is 0 Å². The molecular weight excluding hydrogens is 274 g/mol. The quantitative estimate of drug-likeness (QED) is 0.884. The fourth-order valence-corrected chi connectivity index (χ4v) is 2.75. The van der Waals surface area contributed by atoms with Gasteiger partial charge in [-0.05, 0) is 52.3 Å². The second-order valence-corrected chi connectivity index (χ2v) is 6.12. The van der Waals surface area contributed by atoms with Gasteiger partial charge in [-0.2, -0.15) is 5.10 Å². The third kappa shape index (κ3) is 3.89. The van der Waals surface area contributed by atoms with E-state index in [9.17, 15) is 0 Å². The van der Waals surface area contributed by atoms with Crippen molar-refractivity contribution in [2.45, 2.75) is 53.3 Å². The SMILES string of the molecule is Cc1nn(C)c(C)c1[C@@H](C)NCc1ccc(OC(C)C)cc1. The zero-order valence-electron chi connectivity index (χ0n) is 14.5. The molecule has 0 radical (unpaired) electrons. The molecule has 0 fully saturated rings. The molecule has 0 saturated heterocycles. The zero-order valence-corrected chi connectivity index (χ0v) is 14.5. The van der Waals surface area contributed by atoms with Crippen molar-refractivity contribution >= 4 is 0 Å². The lowest BCUT2D eigenvalue weighted by Crippen LogP contribution is -2.19. The molecule has 4 nitrogen and oxygen atoms in total. The largest absolute Gasteiger partial charge is 0.491 e. The van der Waals surface area contributed by atoms with Crippen LogP contribution in [0.2, 0.25) is 0 Å². The van der Waals surface area contributed by atoms with Crippen LogP contribution >= 0.6 is 0 Å². The van der Waals surface area contributed by atoms with Gasteiger partial charge in [0, 0.05) is 30.9 Å². The lowest BCUT2D eigenvalue weighted by Gasteiger charge is -2.15. The van der Waals surface area contributed by atoms with Gasteiger partial charge in [-0.1, -0.05) is 12.1 Å². The van der Waals surface area contributed by atoms with Crippen LogP contribution in [0.4, 0.5) is 0 Å². The van der Waals surface area contributed by atoms with Crippen molar-refractivity contribution < 1.29 is 4.74 Å². The third-order valence-electron chi connectivity index (χ3n) is 3.91. The Morgan fingerprint density at radius 2 is 1.77 bits per heavy atom. The molecular formula is C18H27N3O. The Labute approximate surface area is 133 Å². The molecule has 120 valence electrons. The summed E-state index contributed by atoms with van der Waals surface area (Å²) in [5.74, 6) is 0.922. The van der Waals surface area contributed by atoms with Crippen LogP contribution in [0.1, 0.15) is 49.3 Å². The zero-order chi connectivity index (χ0) is 16.3. The second-order valence-electron chi connectivity index (χ2n) is 6.12. The highest BCUT2D eigenvalue weighted by atomic mass is 16.5. The van der Waals surface area contributed by atoms with E-state index >= 15 is 0 Å². The Balaban J connectivity index is 1.97. The summed E-state index contributed by atoms with van der Waals surface area (Å²) in [6.07, 6.45) is 0.209. The monoisotopic (exact) mass is 301 g/mol. The Morgan fingerprint density at radius 3 is 2.27 bits per heavy atom. The summed E-state index contributed by atoms with van der Waals surface area (Å²) < 4.78 is 7.61. The number of hydrogen-bond acceptors (Lipinski definition) is 3. The van der Waals surface area contributed by atoms with Gasteiger partial charge in [0.2, 0.25) is 0 Å². The van der Waals surface area contributed by atoms with Gasteiger partial charge in [0.25, 0.3) is 0 Å². The predicted molar refractivity (Wildman–Crippen MR) is 90.1 cm³/mol. The minimum absolute atomic E-state index is 0.209. The number of nitrogens with one attached hydrogen (secondary N) is 1. The number of benzene rings is 1. The summed E-state index contributed by atoms with van der Waals surface area (Å²) in [6, 6.07) is 8.56. The van der Waals surface area contributed by atoms with E-state index in [0.717, 1.165) is 18.0 Å². The molecule has 0 spiro atoms. The topological polar surface area (TPSA) is 39.1 Å². The average Bonchev–Trinajstić information content (AvgIpc) is 2.70. The lowest BCUT2D eigenvalue weighted by molar-refractivity contribution is 0.242. The van der Waals surface area contributed by atoms with E-state index in [1.54, 1.807) is 0 Å². The molecule has 0 aliphatic carbocycles. The van der Waals surface area contributed by atoms with E-state index in [1.807, 2.05) is 37.7 Å². The Kier molecular flexibility index (Phi) is 5.24. The van der Waals surface area contributed by atoms with Crippen LogP contribution in [0.3, 0.4) is 0 Å². The van der Waals surface area contributed by atoms with Crippen LogP contribution in [0.5, 0.6) is 5.75 Å².